The van der Waals surface area contributed by atoms with Crippen LogP contribution in [0.2, 0.25) is 5.02 Å². The highest BCUT2D eigenvalue weighted by Gasteiger charge is 2.21. The van der Waals surface area contributed by atoms with Gasteiger partial charge in [0.1, 0.15) is 12.4 Å². The molecule has 0 aliphatic carbocycles. The number of rotatable bonds is 5. The Balaban J connectivity index is 1.62. The van der Waals surface area contributed by atoms with Crippen molar-refractivity contribution in [2.45, 2.75) is 12.8 Å². The third-order valence-electron chi connectivity index (χ3n) is 3.62. The van der Waals surface area contributed by atoms with Gasteiger partial charge >= 0.3 is 6.03 Å². The van der Waals surface area contributed by atoms with Gasteiger partial charge in [0.15, 0.2) is 0 Å². The van der Waals surface area contributed by atoms with E-state index in [9.17, 15) is 4.79 Å². The van der Waals surface area contributed by atoms with Gasteiger partial charge in [-0.1, -0.05) is 11.6 Å². The molecular weight excluding hydrogens is 292 g/mol. The molecule has 1 fully saturated rings. The van der Waals surface area contributed by atoms with Crippen molar-refractivity contribution in [2.24, 2.45) is 5.92 Å². The maximum Gasteiger partial charge on any atom is 0.317 e. The zero-order valence-electron chi connectivity index (χ0n) is 11.9. The molecule has 0 spiro atoms. The second-order valence-corrected chi connectivity index (χ2v) is 5.58. The molecule has 1 aliphatic heterocycles. The average molecular weight is 313 g/mol. The number of hydrogen-bond donors (Lipinski definition) is 2. The standard InChI is InChI=1S/C15H21ClN2O3/c16-13-1-3-14(4-2-13)21-10-7-17-15(20)18-8-5-12(11-19)6-9-18/h1-4,12,19H,5-11H2,(H,17,20). The summed E-state index contributed by atoms with van der Waals surface area (Å²) in [5, 5.41) is 12.6. The van der Waals surface area contributed by atoms with Crippen molar-refractivity contribution in [2.75, 3.05) is 32.8 Å². The highest BCUT2D eigenvalue weighted by molar-refractivity contribution is 6.30. The number of urea groups is 1. The number of ether oxygens (including phenoxy) is 1. The van der Waals surface area contributed by atoms with Crippen LogP contribution in [-0.2, 0) is 0 Å². The first kappa shape index (κ1) is 15.9. The first-order valence-corrected chi connectivity index (χ1v) is 7.59. The molecule has 116 valence electrons. The fourth-order valence-electron chi connectivity index (χ4n) is 2.29. The normalized spacial score (nSPS) is 15.8. The number of hydrogen-bond acceptors (Lipinski definition) is 3. The van der Waals surface area contributed by atoms with Crippen molar-refractivity contribution >= 4 is 17.6 Å². The maximum atomic E-state index is 11.9. The average Bonchev–Trinajstić information content (AvgIpc) is 2.53. The molecule has 0 aromatic heterocycles. The third kappa shape index (κ3) is 5.10. The number of halogens is 1. The Kier molecular flexibility index (Phi) is 6.14. The molecule has 0 bridgehead atoms. The lowest BCUT2D eigenvalue weighted by atomic mass is 9.98. The summed E-state index contributed by atoms with van der Waals surface area (Å²) in [5.41, 5.74) is 0. The Morgan fingerprint density at radius 3 is 2.62 bits per heavy atom. The fourth-order valence-corrected chi connectivity index (χ4v) is 2.41. The van der Waals surface area contributed by atoms with Gasteiger partial charge in [0.2, 0.25) is 0 Å². The first-order valence-electron chi connectivity index (χ1n) is 7.21. The van der Waals surface area contributed by atoms with E-state index in [0.717, 1.165) is 18.6 Å². The van der Waals surface area contributed by atoms with E-state index in [4.69, 9.17) is 21.4 Å². The predicted octanol–water partition coefficient (Wildman–Crippen LogP) is 2.13. The Hall–Kier alpha value is -1.46. The van der Waals surface area contributed by atoms with Crippen molar-refractivity contribution < 1.29 is 14.6 Å². The predicted molar refractivity (Wildman–Crippen MR) is 81.7 cm³/mol. The lowest BCUT2D eigenvalue weighted by Crippen LogP contribution is -2.45. The van der Waals surface area contributed by atoms with Gasteiger partial charge in [-0.05, 0) is 43.0 Å². The molecule has 0 radical (unpaired) electrons. The fraction of sp³-hybridized carbons (Fsp3) is 0.533. The third-order valence-corrected chi connectivity index (χ3v) is 3.87. The monoisotopic (exact) mass is 312 g/mol. The van der Waals surface area contributed by atoms with E-state index in [0.29, 0.717) is 37.2 Å². The highest BCUT2D eigenvalue weighted by atomic mass is 35.5. The van der Waals surface area contributed by atoms with E-state index in [-0.39, 0.29) is 12.6 Å². The Morgan fingerprint density at radius 2 is 2.00 bits per heavy atom. The van der Waals surface area contributed by atoms with Crippen LogP contribution in [0.15, 0.2) is 24.3 Å². The van der Waals surface area contributed by atoms with Gasteiger partial charge < -0.3 is 20.1 Å². The van der Waals surface area contributed by atoms with Crippen molar-refractivity contribution in [3.05, 3.63) is 29.3 Å². The van der Waals surface area contributed by atoms with Crippen LogP contribution in [0, 0.1) is 5.92 Å². The van der Waals surface area contributed by atoms with E-state index in [1.54, 1.807) is 29.2 Å². The minimum atomic E-state index is -0.0638. The molecule has 2 amide bonds. The number of aliphatic hydroxyl groups excluding tert-OH is 1. The lowest BCUT2D eigenvalue weighted by molar-refractivity contribution is 0.136. The largest absolute Gasteiger partial charge is 0.492 e. The molecule has 1 saturated heterocycles. The number of nitrogens with zero attached hydrogens (tertiary/aromatic N) is 1. The molecule has 2 rings (SSSR count). The van der Waals surface area contributed by atoms with Crippen LogP contribution in [-0.4, -0.2) is 48.9 Å². The van der Waals surface area contributed by atoms with Crippen LogP contribution >= 0.6 is 11.6 Å². The molecule has 21 heavy (non-hydrogen) atoms. The van der Waals surface area contributed by atoms with E-state index in [1.165, 1.54) is 0 Å². The summed E-state index contributed by atoms with van der Waals surface area (Å²) in [4.78, 5) is 13.7. The van der Waals surface area contributed by atoms with E-state index in [2.05, 4.69) is 5.32 Å². The van der Waals surface area contributed by atoms with Crippen LogP contribution in [0.3, 0.4) is 0 Å². The Morgan fingerprint density at radius 1 is 1.33 bits per heavy atom. The molecule has 1 aromatic rings. The highest BCUT2D eigenvalue weighted by Crippen LogP contribution is 2.16. The first-order chi connectivity index (χ1) is 10.2. The maximum absolute atomic E-state index is 11.9. The summed E-state index contributed by atoms with van der Waals surface area (Å²) >= 11 is 5.79. The molecule has 1 aromatic carbocycles. The van der Waals surface area contributed by atoms with E-state index >= 15 is 0 Å². The summed E-state index contributed by atoms with van der Waals surface area (Å²) in [6, 6.07) is 7.06. The van der Waals surface area contributed by atoms with Crippen LogP contribution in [0.5, 0.6) is 5.75 Å². The van der Waals surface area contributed by atoms with Gasteiger partial charge in [-0.25, -0.2) is 4.79 Å². The molecule has 0 saturated carbocycles. The Labute approximate surface area is 129 Å². The number of aliphatic hydroxyl groups is 1. The van der Waals surface area contributed by atoms with E-state index in [1.807, 2.05) is 0 Å². The zero-order chi connectivity index (χ0) is 15.1. The van der Waals surface area contributed by atoms with Gasteiger partial charge in [-0.2, -0.15) is 0 Å². The summed E-state index contributed by atoms with van der Waals surface area (Å²) in [7, 11) is 0. The van der Waals surface area contributed by atoms with Crippen molar-refractivity contribution in [3.63, 3.8) is 0 Å². The molecule has 1 heterocycles. The summed E-state index contributed by atoms with van der Waals surface area (Å²) in [5.74, 6) is 1.07. The number of likely N-dealkylation sites (tertiary alicyclic amines) is 1. The summed E-state index contributed by atoms with van der Waals surface area (Å²) in [6.45, 7) is 2.50. The topological polar surface area (TPSA) is 61.8 Å². The number of carbonyl (C=O) groups is 1. The minimum Gasteiger partial charge on any atom is -0.492 e. The quantitative estimate of drug-likeness (QED) is 0.819. The zero-order valence-corrected chi connectivity index (χ0v) is 12.7. The second-order valence-electron chi connectivity index (χ2n) is 5.15. The Bertz CT molecular complexity index is 445. The lowest BCUT2D eigenvalue weighted by Gasteiger charge is -2.31. The smallest absolute Gasteiger partial charge is 0.317 e. The van der Waals surface area contributed by atoms with Gasteiger partial charge in [-0.15, -0.1) is 0 Å². The number of nitrogens with one attached hydrogen (secondary N) is 1. The molecule has 6 heteroatoms. The summed E-state index contributed by atoms with van der Waals surface area (Å²) < 4.78 is 5.51. The van der Waals surface area contributed by atoms with Crippen LogP contribution in [0.25, 0.3) is 0 Å². The van der Waals surface area contributed by atoms with Gasteiger partial charge in [0.05, 0.1) is 6.54 Å². The molecule has 5 nitrogen and oxygen atoms in total. The van der Waals surface area contributed by atoms with Crippen molar-refractivity contribution in [1.29, 1.82) is 0 Å². The molecule has 0 atom stereocenters. The van der Waals surface area contributed by atoms with Crippen LogP contribution in [0.4, 0.5) is 4.79 Å². The molecular formula is C15H21ClN2O3. The van der Waals surface area contributed by atoms with Crippen molar-refractivity contribution in [3.8, 4) is 5.75 Å². The molecule has 2 N–H and O–H groups in total. The van der Waals surface area contributed by atoms with Gasteiger partial charge in [0.25, 0.3) is 0 Å². The molecule has 0 unspecified atom stereocenters. The number of piperidine rings is 1. The van der Waals surface area contributed by atoms with Crippen LogP contribution < -0.4 is 10.1 Å². The van der Waals surface area contributed by atoms with Crippen LogP contribution in [0.1, 0.15) is 12.8 Å². The minimum absolute atomic E-state index is 0.0638. The second kappa shape index (κ2) is 8.10. The van der Waals surface area contributed by atoms with E-state index < -0.39 is 0 Å². The summed E-state index contributed by atoms with van der Waals surface area (Å²) in [6.07, 6.45) is 1.73. The SMILES string of the molecule is O=C(NCCOc1ccc(Cl)cc1)N1CCC(CO)CC1. The number of benzene rings is 1. The number of carbonyl (C=O) groups excluding carboxylic acids is 1. The van der Waals surface area contributed by atoms with Gasteiger partial charge in [0, 0.05) is 24.7 Å². The number of amides is 2. The van der Waals surface area contributed by atoms with Gasteiger partial charge in [-0.3, -0.25) is 0 Å². The van der Waals surface area contributed by atoms with Crippen molar-refractivity contribution in [1.82, 2.24) is 10.2 Å². The molecule has 1 aliphatic rings.